The number of hydrogen-bond donors (Lipinski definition) is 2. The molecule has 29 heavy (non-hydrogen) atoms. The van der Waals surface area contributed by atoms with E-state index in [-0.39, 0.29) is 11.1 Å². The molecule has 0 radical (unpaired) electrons. The van der Waals surface area contributed by atoms with Gasteiger partial charge in [-0.1, -0.05) is 24.3 Å². The van der Waals surface area contributed by atoms with Crippen LogP contribution in [-0.2, 0) is 4.79 Å². The van der Waals surface area contributed by atoms with Crippen LogP contribution in [0.5, 0.6) is 0 Å². The summed E-state index contributed by atoms with van der Waals surface area (Å²) >= 11 is 0. The van der Waals surface area contributed by atoms with Crippen molar-refractivity contribution in [1.82, 2.24) is 4.57 Å². The Kier molecular flexibility index (Phi) is 5.61. The van der Waals surface area contributed by atoms with Crippen molar-refractivity contribution in [2.75, 3.05) is 5.32 Å². The lowest BCUT2D eigenvalue weighted by Crippen LogP contribution is -2.13. The molecule has 0 saturated carbocycles. The van der Waals surface area contributed by atoms with E-state index in [0.717, 1.165) is 11.4 Å². The fourth-order valence-corrected chi connectivity index (χ4v) is 3.13. The standard InChI is InChI=1S/C23H19N3O3/c1-15-11-18(12-19(14-24)22(27)25-20-8-4-3-5-9-20)16(2)26(15)21-10-6-7-17(13-21)23(28)29/h3-13H,1-2H3,(H,25,27)(H,28,29)/b19-12+. The van der Waals surface area contributed by atoms with E-state index < -0.39 is 11.9 Å². The predicted molar refractivity (Wildman–Crippen MR) is 111 cm³/mol. The number of nitrogens with zero attached hydrogens (tertiary/aromatic N) is 2. The maximum absolute atomic E-state index is 12.5. The highest BCUT2D eigenvalue weighted by Crippen LogP contribution is 2.24. The first kappa shape index (κ1) is 19.6. The molecule has 144 valence electrons. The SMILES string of the molecule is Cc1cc(/C=C(\C#N)C(=O)Nc2ccccc2)c(C)n1-c1cccc(C(=O)O)c1. The fourth-order valence-electron chi connectivity index (χ4n) is 3.13. The molecule has 1 amide bonds. The summed E-state index contributed by atoms with van der Waals surface area (Å²) in [6, 6.07) is 19.3. The maximum Gasteiger partial charge on any atom is 0.335 e. The number of aromatic carboxylic acids is 1. The molecule has 0 unspecified atom stereocenters. The molecule has 2 aromatic carbocycles. The lowest BCUT2D eigenvalue weighted by molar-refractivity contribution is -0.112. The Morgan fingerprint density at radius 1 is 1.07 bits per heavy atom. The highest BCUT2D eigenvalue weighted by Gasteiger charge is 2.15. The number of rotatable bonds is 5. The zero-order chi connectivity index (χ0) is 21.0. The van der Waals surface area contributed by atoms with E-state index in [1.165, 1.54) is 12.1 Å². The number of nitriles is 1. The second kappa shape index (κ2) is 8.28. The molecule has 0 bridgehead atoms. The number of para-hydroxylation sites is 1. The van der Waals surface area contributed by atoms with Gasteiger partial charge in [0.15, 0.2) is 0 Å². The lowest BCUT2D eigenvalue weighted by atomic mass is 10.1. The molecule has 2 N–H and O–H groups in total. The van der Waals surface area contributed by atoms with Crippen LogP contribution in [0.2, 0.25) is 0 Å². The second-order valence-electron chi connectivity index (χ2n) is 6.51. The number of aromatic nitrogens is 1. The number of carbonyl (C=O) groups is 2. The molecule has 0 spiro atoms. The third kappa shape index (κ3) is 4.25. The van der Waals surface area contributed by atoms with E-state index in [0.29, 0.717) is 16.9 Å². The van der Waals surface area contributed by atoms with Gasteiger partial charge in [-0.05, 0) is 61.9 Å². The van der Waals surface area contributed by atoms with Crippen LogP contribution in [0.25, 0.3) is 11.8 Å². The number of aryl methyl sites for hydroxylation is 1. The molecule has 6 heteroatoms. The van der Waals surface area contributed by atoms with Gasteiger partial charge in [-0.2, -0.15) is 5.26 Å². The second-order valence-corrected chi connectivity index (χ2v) is 6.51. The van der Waals surface area contributed by atoms with Crippen LogP contribution < -0.4 is 5.32 Å². The van der Waals surface area contributed by atoms with E-state index in [9.17, 15) is 20.0 Å². The zero-order valence-electron chi connectivity index (χ0n) is 16.0. The van der Waals surface area contributed by atoms with Gasteiger partial charge in [-0.15, -0.1) is 0 Å². The Morgan fingerprint density at radius 3 is 2.45 bits per heavy atom. The Hall–Kier alpha value is -4.11. The third-order valence-corrected chi connectivity index (χ3v) is 4.52. The largest absolute Gasteiger partial charge is 0.478 e. The molecule has 3 aromatic rings. The van der Waals surface area contributed by atoms with Gasteiger partial charge in [0.1, 0.15) is 11.6 Å². The molecule has 6 nitrogen and oxygen atoms in total. The molecule has 1 heterocycles. The fraction of sp³-hybridized carbons (Fsp3) is 0.0870. The smallest absolute Gasteiger partial charge is 0.335 e. The van der Waals surface area contributed by atoms with Gasteiger partial charge in [-0.25, -0.2) is 4.79 Å². The maximum atomic E-state index is 12.5. The minimum absolute atomic E-state index is 0.0200. The molecule has 0 atom stereocenters. The van der Waals surface area contributed by atoms with Gasteiger partial charge >= 0.3 is 5.97 Å². The summed E-state index contributed by atoms with van der Waals surface area (Å²) in [4.78, 5) is 23.7. The van der Waals surface area contributed by atoms with Crippen molar-refractivity contribution in [3.8, 4) is 11.8 Å². The molecular weight excluding hydrogens is 366 g/mol. The number of carboxylic acid groups (broad SMARTS) is 1. The van der Waals surface area contributed by atoms with Crippen LogP contribution in [0.3, 0.4) is 0 Å². The Morgan fingerprint density at radius 2 is 1.79 bits per heavy atom. The molecule has 0 aliphatic heterocycles. The van der Waals surface area contributed by atoms with Crippen LogP contribution in [0.15, 0.2) is 66.2 Å². The summed E-state index contributed by atoms with van der Waals surface area (Å²) in [5.74, 6) is -1.49. The first-order valence-corrected chi connectivity index (χ1v) is 8.91. The normalized spacial score (nSPS) is 11.0. The monoisotopic (exact) mass is 385 g/mol. The summed E-state index contributed by atoms with van der Waals surface area (Å²) in [6.07, 6.45) is 1.54. The zero-order valence-corrected chi connectivity index (χ0v) is 16.0. The summed E-state index contributed by atoms with van der Waals surface area (Å²) in [5, 5.41) is 21.4. The van der Waals surface area contributed by atoms with Crippen molar-refractivity contribution in [1.29, 1.82) is 5.26 Å². The van der Waals surface area contributed by atoms with Crippen molar-refractivity contribution < 1.29 is 14.7 Å². The van der Waals surface area contributed by atoms with E-state index in [4.69, 9.17) is 0 Å². The highest BCUT2D eigenvalue weighted by atomic mass is 16.4. The summed E-state index contributed by atoms with van der Waals surface area (Å²) in [6.45, 7) is 3.74. The summed E-state index contributed by atoms with van der Waals surface area (Å²) < 4.78 is 1.89. The average Bonchev–Trinajstić information content (AvgIpc) is 2.99. The van der Waals surface area contributed by atoms with Crippen molar-refractivity contribution in [3.05, 3.63) is 88.8 Å². The number of carbonyl (C=O) groups excluding carboxylic acids is 1. The van der Waals surface area contributed by atoms with Crippen LogP contribution in [0.4, 0.5) is 5.69 Å². The van der Waals surface area contributed by atoms with E-state index in [1.54, 1.807) is 36.4 Å². The molecule has 1 aromatic heterocycles. The minimum Gasteiger partial charge on any atom is -0.478 e. The van der Waals surface area contributed by atoms with Crippen LogP contribution >= 0.6 is 0 Å². The molecule has 3 rings (SSSR count). The van der Waals surface area contributed by atoms with Gasteiger partial charge in [0.2, 0.25) is 0 Å². The molecular formula is C23H19N3O3. The Balaban J connectivity index is 1.96. The van der Waals surface area contributed by atoms with Crippen molar-refractivity contribution >= 4 is 23.6 Å². The topological polar surface area (TPSA) is 95.1 Å². The van der Waals surface area contributed by atoms with Gasteiger partial charge in [0.25, 0.3) is 5.91 Å². The first-order chi connectivity index (χ1) is 13.9. The number of anilines is 1. The van der Waals surface area contributed by atoms with Crippen LogP contribution in [-0.4, -0.2) is 21.6 Å². The van der Waals surface area contributed by atoms with Crippen LogP contribution in [0.1, 0.15) is 27.3 Å². The number of amides is 1. The Bertz CT molecular complexity index is 1150. The average molecular weight is 385 g/mol. The highest BCUT2D eigenvalue weighted by molar-refractivity contribution is 6.09. The Labute approximate surface area is 168 Å². The minimum atomic E-state index is -1.00. The first-order valence-electron chi connectivity index (χ1n) is 8.91. The van der Waals surface area contributed by atoms with Gasteiger partial charge in [-0.3, -0.25) is 4.79 Å². The van der Waals surface area contributed by atoms with E-state index in [2.05, 4.69) is 5.32 Å². The van der Waals surface area contributed by atoms with Crippen molar-refractivity contribution in [2.45, 2.75) is 13.8 Å². The van der Waals surface area contributed by atoms with E-state index >= 15 is 0 Å². The number of nitrogens with one attached hydrogen (secondary N) is 1. The number of hydrogen-bond acceptors (Lipinski definition) is 3. The molecule has 0 fully saturated rings. The predicted octanol–water partition coefficient (Wildman–Crippen LogP) is 4.34. The van der Waals surface area contributed by atoms with Gasteiger partial charge in [0, 0.05) is 22.8 Å². The molecule has 0 aliphatic rings. The molecule has 0 aliphatic carbocycles. The molecule has 0 saturated heterocycles. The number of carboxylic acids is 1. The van der Waals surface area contributed by atoms with Gasteiger partial charge < -0.3 is 15.0 Å². The van der Waals surface area contributed by atoms with Crippen LogP contribution in [0, 0.1) is 25.2 Å². The third-order valence-electron chi connectivity index (χ3n) is 4.52. The summed E-state index contributed by atoms with van der Waals surface area (Å²) in [7, 11) is 0. The van der Waals surface area contributed by atoms with Crippen molar-refractivity contribution in [3.63, 3.8) is 0 Å². The lowest BCUT2D eigenvalue weighted by Gasteiger charge is -2.10. The van der Waals surface area contributed by atoms with Crippen molar-refractivity contribution in [2.24, 2.45) is 0 Å². The summed E-state index contributed by atoms with van der Waals surface area (Å²) in [5.41, 5.74) is 3.84. The van der Waals surface area contributed by atoms with E-state index in [1.807, 2.05) is 42.7 Å². The number of benzene rings is 2. The quantitative estimate of drug-likeness (QED) is 0.504. The van der Waals surface area contributed by atoms with Gasteiger partial charge in [0.05, 0.1) is 5.56 Å².